The van der Waals surface area contributed by atoms with Gasteiger partial charge in [0.25, 0.3) is 0 Å². The Kier molecular flexibility index (Phi) is 3.83. The third-order valence-corrected chi connectivity index (χ3v) is 4.52. The number of methoxy groups -OCH3 is 1. The van der Waals surface area contributed by atoms with Gasteiger partial charge >= 0.3 is 5.97 Å². The Hall–Kier alpha value is -2.01. The van der Waals surface area contributed by atoms with Crippen molar-refractivity contribution in [2.45, 2.75) is 25.4 Å². The van der Waals surface area contributed by atoms with Crippen LogP contribution in [0, 0.1) is 0 Å². The summed E-state index contributed by atoms with van der Waals surface area (Å²) in [5, 5.41) is 1.08. The number of alkyl halides is 1. The molecule has 6 heteroatoms. The van der Waals surface area contributed by atoms with Crippen molar-refractivity contribution >= 4 is 34.4 Å². The molecule has 0 unspecified atom stereocenters. The zero-order valence-corrected chi connectivity index (χ0v) is 13.2. The molecule has 1 aromatic carbocycles. The van der Waals surface area contributed by atoms with Crippen LogP contribution in [0.3, 0.4) is 0 Å². The van der Waals surface area contributed by atoms with Crippen molar-refractivity contribution < 1.29 is 14.3 Å². The molecule has 116 valence electrons. The number of para-hydroxylation sites is 1. The zero-order chi connectivity index (χ0) is 15.9. The number of aromatic nitrogens is 1. The summed E-state index contributed by atoms with van der Waals surface area (Å²) in [5.74, 6) is -0.844. The monoisotopic (exact) mass is 320 g/mol. The number of carbonyl (C=O) groups excluding carboxylic acids is 2. The normalized spacial score (nSPS) is 20.8. The molecular weight excluding hydrogens is 304 g/mol. The van der Waals surface area contributed by atoms with Gasteiger partial charge in [-0.1, -0.05) is 18.2 Å². The lowest BCUT2D eigenvalue weighted by Gasteiger charge is -2.38. The number of nitrogens with zero attached hydrogens (tertiary/aromatic N) is 1. The highest BCUT2D eigenvalue weighted by Crippen LogP contribution is 2.37. The SMILES string of the molecule is COC(=O)[C@H]1Cc2c([nH]c3ccccc23)[C@@H](C)N1C(=O)CCl. The molecule has 2 atom stereocenters. The van der Waals surface area contributed by atoms with Gasteiger partial charge in [0.2, 0.25) is 5.91 Å². The number of rotatable bonds is 2. The topological polar surface area (TPSA) is 62.4 Å². The zero-order valence-electron chi connectivity index (χ0n) is 12.4. The van der Waals surface area contributed by atoms with Gasteiger partial charge in [0.1, 0.15) is 11.9 Å². The molecule has 1 N–H and O–H groups in total. The van der Waals surface area contributed by atoms with E-state index in [0.29, 0.717) is 6.42 Å². The summed E-state index contributed by atoms with van der Waals surface area (Å²) in [5.41, 5.74) is 3.03. The summed E-state index contributed by atoms with van der Waals surface area (Å²) in [6.07, 6.45) is 0.430. The third-order valence-electron chi connectivity index (χ3n) is 4.29. The fraction of sp³-hybridized carbons (Fsp3) is 0.375. The first kappa shape index (κ1) is 14.9. The van der Waals surface area contributed by atoms with E-state index in [4.69, 9.17) is 16.3 Å². The van der Waals surface area contributed by atoms with Crippen LogP contribution in [-0.2, 0) is 20.7 Å². The van der Waals surface area contributed by atoms with Crippen LogP contribution in [0.15, 0.2) is 24.3 Å². The molecule has 1 aliphatic heterocycles. The molecule has 0 radical (unpaired) electrons. The van der Waals surface area contributed by atoms with Crippen LogP contribution >= 0.6 is 11.6 Å². The van der Waals surface area contributed by atoms with E-state index in [2.05, 4.69) is 4.98 Å². The number of esters is 1. The lowest BCUT2D eigenvalue weighted by molar-refractivity contribution is -0.154. The first-order valence-electron chi connectivity index (χ1n) is 7.13. The summed E-state index contributed by atoms with van der Waals surface area (Å²) >= 11 is 5.72. The van der Waals surface area contributed by atoms with Crippen LogP contribution in [0.1, 0.15) is 24.2 Å². The summed E-state index contributed by atoms with van der Waals surface area (Å²) in [7, 11) is 1.33. The predicted octanol–water partition coefficient (Wildman–Crippen LogP) is 2.39. The van der Waals surface area contributed by atoms with Crippen molar-refractivity contribution in [2.75, 3.05) is 13.0 Å². The number of halogens is 1. The molecule has 2 aromatic rings. The fourth-order valence-corrected chi connectivity index (χ4v) is 3.43. The lowest BCUT2D eigenvalue weighted by Crippen LogP contribution is -2.51. The van der Waals surface area contributed by atoms with Crippen molar-refractivity contribution in [1.82, 2.24) is 9.88 Å². The molecule has 5 nitrogen and oxygen atoms in total. The average Bonchev–Trinajstić information content (AvgIpc) is 2.92. The van der Waals surface area contributed by atoms with Crippen LogP contribution in [0.4, 0.5) is 0 Å². The molecule has 1 amide bonds. The van der Waals surface area contributed by atoms with Crippen molar-refractivity contribution in [3.8, 4) is 0 Å². The largest absolute Gasteiger partial charge is 0.467 e. The number of aromatic amines is 1. The number of fused-ring (bicyclic) bond motifs is 3. The Morgan fingerprint density at radius 1 is 1.41 bits per heavy atom. The highest BCUT2D eigenvalue weighted by molar-refractivity contribution is 6.27. The van der Waals surface area contributed by atoms with Crippen LogP contribution in [0.5, 0.6) is 0 Å². The molecule has 0 aliphatic carbocycles. The van der Waals surface area contributed by atoms with Crippen LogP contribution < -0.4 is 0 Å². The van der Waals surface area contributed by atoms with Gasteiger partial charge in [-0.15, -0.1) is 11.6 Å². The molecule has 0 fully saturated rings. The molecule has 0 bridgehead atoms. The van der Waals surface area contributed by atoms with E-state index in [0.717, 1.165) is 22.2 Å². The average molecular weight is 321 g/mol. The molecule has 22 heavy (non-hydrogen) atoms. The van der Waals surface area contributed by atoms with Gasteiger partial charge in [0.15, 0.2) is 0 Å². The maximum absolute atomic E-state index is 12.2. The standard InChI is InChI=1S/C16H17ClN2O3/c1-9-15-11(10-5-3-4-6-12(10)18-15)7-13(16(21)22-2)19(9)14(20)8-17/h3-6,9,13,18H,7-8H2,1-2H3/t9-,13-/m1/s1. The summed E-state index contributed by atoms with van der Waals surface area (Å²) in [6.45, 7) is 1.90. The second kappa shape index (κ2) is 5.65. The molecule has 3 rings (SSSR count). The quantitative estimate of drug-likeness (QED) is 0.682. The highest BCUT2D eigenvalue weighted by atomic mass is 35.5. The highest BCUT2D eigenvalue weighted by Gasteiger charge is 2.40. The maximum Gasteiger partial charge on any atom is 0.328 e. The molecule has 1 aromatic heterocycles. The van der Waals surface area contributed by atoms with Gasteiger partial charge in [-0.25, -0.2) is 4.79 Å². The first-order chi connectivity index (χ1) is 10.6. The maximum atomic E-state index is 12.2. The van der Waals surface area contributed by atoms with E-state index in [1.54, 1.807) is 0 Å². The Labute approximate surface area is 133 Å². The van der Waals surface area contributed by atoms with Gasteiger partial charge in [0.05, 0.1) is 13.2 Å². The van der Waals surface area contributed by atoms with Gasteiger partial charge < -0.3 is 14.6 Å². The van der Waals surface area contributed by atoms with E-state index in [9.17, 15) is 9.59 Å². The predicted molar refractivity (Wildman–Crippen MR) is 83.8 cm³/mol. The Bertz CT molecular complexity index is 740. The molecule has 1 aliphatic rings. The fourth-order valence-electron chi connectivity index (χ4n) is 3.29. The van der Waals surface area contributed by atoms with Crippen molar-refractivity contribution in [3.05, 3.63) is 35.5 Å². The molecule has 2 heterocycles. The number of hydrogen-bond donors (Lipinski definition) is 1. The van der Waals surface area contributed by atoms with Crippen molar-refractivity contribution in [1.29, 1.82) is 0 Å². The Balaban J connectivity index is 2.14. The lowest BCUT2D eigenvalue weighted by atomic mass is 9.92. The van der Waals surface area contributed by atoms with Crippen molar-refractivity contribution in [2.24, 2.45) is 0 Å². The van der Waals surface area contributed by atoms with Gasteiger partial charge in [-0.3, -0.25) is 4.79 Å². The molecule has 0 spiro atoms. The number of H-pyrrole nitrogens is 1. The minimum absolute atomic E-state index is 0.159. The molecule has 0 saturated heterocycles. The van der Waals surface area contributed by atoms with E-state index in [-0.39, 0.29) is 17.8 Å². The van der Waals surface area contributed by atoms with E-state index in [1.807, 2.05) is 31.2 Å². The minimum atomic E-state index is -0.641. The van der Waals surface area contributed by atoms with Crippen LogP contribution in [0.25, 0.3) is 10.9 Å². The molecular formula is C16H17ClN2O3. The van der Waals surface area contributed by atoms with Gasteiger partial charge in [-0.05, 0) is 18.6 Å². The third kappa shape index (κ3) is 2.16. The van der Waals surface area contributed by atoms with Crippen molar-refractivity contribution in [3.63, 3.8) is 0 Å². The van der Waals surface area contributed by atoms with Gasteiger partial charge in [0, 0.05) is 23.0 Å². The number of amides is 1. The first-order valence-corrected chi connectivity index (χ1v) is 7.66. The number of benzene rings is 1. The van der Waals surface area contributed by atoms with E-state index < -0.39 is 12.0 Å². The summed E-state index contributed by atoms with van der Waals surface area (Å²) in [6, 6.07) is 7.02. The minimum Gasteiger partial charge on any atom is -0.467 e. The number of hydrogen-bond acceptors (Lipinski definition) is 3. The number of nitrogens with one attached hydrogen (secondary N) is 1. The number of carbonyl (C=O) groups is 2. The van der Waals surface area contributed by atoms with Crippen LogP contribution in [0.2, 0.25) is 0 Å². The van der Waals surface area contributed by atoms with E-state index >= 15 is 0 Å². The Morgan fingerprint density at radius 3 is 2.82 bits per heavy atom. The summed E-state index contributed by atoms with van der Waals surface area (Å²) in [4.78, 5) is 29.2. The molecule has 0 saturated carbocycles. The number of ether oxygens (including phenoxy) is 1. The smallest absolute Gasteiger partial charge is 0.328 e. The van der Waals surface area contributed by atoms with Gasteiger partial charge in [-0.2, -0.15) is 0 Å². The second-order valence-corrected chi connectivity index (χ2v) is 5.68. The van der Waals surface area contributed by atoms with E-state index in [1.165, 1.54) is 12.0 Å². The van der Waals surface area contributed by atoms with Crippen LogP contribution in [-0.4, -0.2) is 40.8 Å². The second-order valence-electron chi connectivity index (χ2n) is 5.42. The Morgan fingerprint density at radius 2 is 2.14 bits per heavy atom. The summed E-state index contributed by atoms with van der Waals surface area (Å²) < 4.78 is 4.88.